The van der Waals surface area contributed by atoms with Crippen LogP contribution in [0.2, 0.25) is 0 Å². The molecule has 1 N–H and O–H groups in total. The van der Waals surface area contributed by atoms with Gasteiger partial charge in [-0.25, -0.2) is 9.67 Å². The summed E-state index contributed by atoms with van der Waals surface area (Å²) in [5.74, 6) is -0.363. The van der Waals surface area contributed by atoms with Crippen LogP contribution in [0, 0.1) is 6.92 Å². The average Bonchev–Trinajstić information content (AvgIpc) is 3.37. The Hall–Kier alpha value is -3.66. The zero-order valence-electron chi connectivity index (χ0n) is 15.5. The molecular formula is C19H17N7O2S. The number of rotatable bonds is 6. The van der Waals surface area contributed by atoms with Gasteiger partial charge in [0.05, 0.1) is 17.9 Å². The van der Waals surface area contributed by atoms with E-state index >= 15 is 0 Å². The number of hydrogen-bond donors (Lipinski definition) is 1. The summed E-state index contributed by atoms with van der Waals surface area (Å²) < 4.78 is 2.83. The highest BCUT2D eigenvalue weighted by molar-refractivity contribution is 7.12. The van der Waals surface area contributed by atoms with Crippen LogP contribution < -0.4 is 10.9 Å². The van der Waals surface area contributed by atoms with E-state index in [-0.39, 0.29) is 30.2 Å². The Labute approximate surface area is 169 Å². The quantitative estimate of drug-likeness (QED) is 0.521. The standard InChI is InChI=1S/C19H17N7O2S/c1-13-17(18(28)20-10-11-25-16(27)8-5-9-21-25)23-24-26(13)19-22-15(12-29-19)14-6-3-2-4-7-14/h2-9,12H,10-11H2,1H3,(H,20,28). The van der Waals surface area contributed by atoms with Crippen molar-refractivity contribution < 1.29 is 4.79 Å². The average molecular weight is 407 g/mol. The minimum Gasteiger partial charge on any atom is -0.349 e. The first-order chi connectivity index (χ1) is 14.1. The highest BCUT2D eigenvalue weighted by atomic mass is 32.1. The van der Waals surface area contributed by atoms with Crippen LogP contribution in [0.25, 0.3) is 16.4 Å². The molecule has 3 aromatic heterocycles. The number of benzene rings is 1. The smallest absolute Gasteiger partial charge is 0.273 e. The molecule has 10 heteroatoms. The molecular weight excluding hydrogens is 390 g/mol. The van der Waals surface area contributed by atoms with Gasteiger partial charge in [-0.1, -0.05) is 35.5 Å². The summed E-state index contributed by atoms with van der Waals surface area (Å²) in [6, 6.07) is 12.8. The Bertz CT molecular complexity index is 1200. The first-order valence-corrected chi connectivity index (χ1v) is 9.75. The van der Waals surface area contributed by atoms with E-state index in [1.54, 1.807) is 17.7 Å². The van der Waals surface area contributed by atoms with Gasteiger partial charge in [0.1, 0.15) is 0 Å². The number of nitrogens with zero attached hydrogens (tertiary/aromatic N) is 6. The van der Waals surface area contributed by atoms with E-state index in [2.05, 4.69) is 25.7 Å². The third kappa shape index (κ3) is 3.97. The van der Waals surface area contributed by atoms with Crippen LogP contribution in [0.5, 0.6) is 0 Å². The molecule has 0 atom stereocenters. The lowest BCUT2D eigenvalue weighted by Crippen LogP contribution is -2.32. The van der Waals surface area contributed by atoms with Gasteiger partial charge in [-0.2, -0.15) is 9.78 Å². The number of carbonyl (C=O) groups excluding carboxylic acids is 1. The monoisotopic (exact) mass is 407 g/mol. The van der Waals surface area contributed by atoms with E-state index < -0.39 is 0 Å². The van der Waals surface area contributed by atoms with Gasteiger partial charge in [0.15, 0.2) is 5.69 Å². The van der Waals surface area contributed by atoms with Crippen LogP contribution >= 0.6 is 11.3 Å². The molecule has 1 aromatic carbocycles. The van der Waals surface area contributed by atoms with Gasteiger partial charge in [0.2, 0.25) is 5.13 Å². The number of carbonyl (C=O) groups is 1. The van der Waals surface area contributed by atoms with E-state index in [4.69, 9.17) is 0 Å². The van der Waals surface area contributed by atoms with Crippen molar-refractivity contribution in [3.63, 3.8) is 0 Å². The second kappa shape index (κ2) is 8.15. The van der Waals surface area contributed by atoms with E-state index in [1.165, 1.54) is 28.3 Å². The fraction of sp³-hybridized carbons (Fsp3) is 0.158. The molecule has 146 valence electrons. The Balaban J connectivity index is 1.46. The zero-order valence-corrected chi connectivity index (χ0v) is 16.3. The maximum absolute atomic E-state index is 12.5. The van der Waals surface area contributed by atoms with Gasteiger partial charge >= 0.3 is 0 Å². The molecule has 1 amide bonds. The van der Waals surface area contributed by atoms with E-state index in [9.17, 15) is 9.59 Å². The first kappa shape index (κ1) is 18.7. The van der Waals surface area contributed by atoms with Crippen LogP contribution in [-0.2, 0) is 6.54 Å². The van der Waals surface area contributed by atoms with E-state index in [0.29, 0.717) is 10.8 Å². The second-order valence-corrected chi connectivity index (χ2v) is 6.99. The zero-order chi connectivity index (χ0) is 20.2. The fourth-order valence-corrected chi connectivity index (χ4v) is 3.57. The van der Waals surface area contributed by atoms with Crippen molar-refractivity contribution in [1.82, 2.24) is 35.1 Å². The number of aromatic nitrogens is 6. The van der Waals surface area contributed by atoms with Crippen molar-refractivity contribution >= 4 is 17.2 Å². The summed E-state index contributed by atoms with van der Waals surface area (Å²) in [5, 5.41) is 17.3. The molecule has 4 aromatic rings. The Morgan fingerprint density at radius 3 is 2.79 bits per heavy atom. The van der Waals surface area contributed by atoms with Crippen molar-refractivity contribution in [2.75, 3.05) is 6.54 Å². The summed E-state index contributed by atoms with van der Waals surface area (Å²) in [5.41, 5.74) is 2.44. The summed E-state index contributed by atoms with van der Waals surface area (Å²) in [4.78, 5) is 28.7. The largest absolute Gasteiger partial charge is 0.349 e. The SMILES string of the molecule is Cc1c(C(=O)NCCn2ncccc2=O)nnn1-c1nc(-c2ccccc2)cs1. The maximum Gasteiger partial charge on any atom is 0.273 e. The molecule has 0 saturated carbocycles. The predicted molar refractivity (Wildman–Crippen MR) is 108 cm³/mol. The lowest BCUT2D eigenvalue weighted by Gasteiger charge is -2.05. The van der Waals surface area contributed by atoms with Gasteiger partial charge in [-0.05, 0) is 13.0 Å². The number of thiazole rings is 1. The molecule has 0 spiro atoms. The molecule has 4 rings (SSSR count). The van der Waals surface area contributed by atoms with Crippen LogP contribution in [0.3, 0.4) is 0 Å². The first-order valence-electron chi connectivity index (χ1n) is 8.87. The minimum absolute atomic E-state index is 0.217. The summed E-state index contributed by atoms with van der Waals surface area (Å²) >= 11 is 1.42. The molecule has 0 aliphatic heterocycles. The second-order valence-electron chi connectivity index (χ2n) is 6.16. The van der Waals surface area contributed by atoms with Gasteiger partial charge in [-0.15, -0.1) is 16.4 Å². The highest BCUT2D eigenvalue weighted by Crippen LogP contribution is 2.24. The Kier molecular flexibility index (Phi) is 5.25. The summed E-state index contributed by atoms with van der Waals surface area (Å²) in [6.07, 6.45) is 1.52. The van der Waals surface area contributed by atoms with Gasteiger partial charge in [0.25, 0.3) is 11.5 Å². The number of hydrogen-bond acceptors (Lipinski definition) is 7. The summed E-state index contributed by atoms with van der Waals surface area (Å²) in [7, 11) is 0. The molecule has 0 radical (unpaired) electrons. The van der Waals surface area contributed by atoms with Crippen LogP contribution in [0.4, 0.5) is 0 Å². The molecule has 0 fully saturated rings. The number of amides is 1. The minimum atomic E-state index is -0.363. The topological polar surface area (TPSA) is 108 Å². The fourth-order valence-electron chi connectivity index (χ4n) is 2.74. The molecule has 29 heavy (non-hydrogen) atoms. The molecule has 0 unspecified atom stereocenters. The van der Waals surface area contributed by atoms with Gasteiger partial charge < -0.3 is 5.32 Å². The van der Waals surface area contributed by atoms with E-state index in [1.807, 2.05) is 35.7 Å². The van der Waals surface area contributed by atoms with Crippen LogP contribution in [0.15, 0.2) is 58.8 Å². The van der Waals surface area contributed by atoms with Crippen molar-refractivity contribution in [3.8, 4) is 16.4 Å². The van der Waals surface area contributed by atoms with E-state index in [0.717, 1.165) is 11.3 Å². The van der Waals surface area contributed by atoms with Gasteiger partial charge in [0, 0.05) is 29.8 Å². The summed E-state index contributed by atoms with van der Waals surface area (Å²) in [6.45, 7) is 2.28. The Morgan fingerprint density at radius 2 is 2.00 bits per heavy atom. The lowest BCUT2D eigenvalue weighted by atomic mass is 10.2. The van der Waals surface area contributed by atoms with Crippen LogP contribution in [-0.4, -0.2) is 42.2 Å². The highest BCUT2D eigenvalue weighted by Gasteiger charge is 2.19. The third-order valence-corrected chi connectivity index (χ3v) is 5.06. The van der Waals surface area contributed by atoms with Crippen molar-refractivity contribution in [1.29, 1.82) is 0 Å². The Morgan fingerprint density at radius 1 is 1.17 bits per heavy atom. The number of nitrogens with one attached hydrogen (secondary N) is 1. The normalized spacial score (nSPS) is 10.8. The molecule has 0 bridgehead atoms. The van der Waals surface area contributed by atoms with Crippen molar-refractivity contribution in [2.45, 2.75) is 13.5 Å². The molecule has 0 aliphatic rings. The molecule has 0 saturated heterocycles. The molecule has 9 nitrogen and oxygen atoms in total. The van der Waals surface area contributed by atoms with Gasteiger partial charge in [-0.3, -0.25) is 9.59 Å². The molecule has 0 aliphatic carbocycles. The van der Waals surface area contributed by atoms with Crippen molar-refractivity contribution in [2.24, 2.45) is 0 Å². The lowest BCUT2D eigenvalue weighted by molar-refractivity contribution is 0.0946. The van der Waals surface area contributed by atoms with Crippen LogP contribution in [0.1, 0.15) is 16.2 Å². The maximum atomic E-state index is 12.5. The third-order valence-electron chi connectivity index (χ3n) is 4.25. The predicted octanol–water partition coefficient (Wildman–Crippen LogP) is 1.69. The van der Waals surface area contributed by atoms with Crippen molar-refractivity contribution in [3.05, 3.63) is 75.8 Å². The molecule has 3 heterocycles.